The molecule has 1 saturated heterocycles. The molecule has 0 spiro atoms. The number of hydrogen-bond acceptors (Lipinski definition) is 2. The zero-order valence-corrected chi connectivity index (χ0v) is 15.6. The normalized spacial score (nSPS) is 19.6. The van der Waals surface area contributed by atoms with Gasteiger partial charge in [-0.3, -0.25) is 4.98 Å². The van der Waals surface area contributed by atoms with Crippen molar-refractivity contribution in [2.45, 2.75) is 25.4 Å². The molecule has 2 atom stereocenters. The second-order valence-electron chi connectivity index (χ2n) is 6.46. The molecule has 4 rings (SSSR count). The average Bonchev–Trinajstić information content (AvgIpc) is 3.28. The van der Waals surface area contributed by atoms with Gasteiger partial charge in [0.15, 0.2) is 5.11 Å². The van der Waals surface area contributed by atoms with Gasteiger partial charge in [0.2, 0.25) is 0 Å². The molecular weight excluding hydrogens is 340 g/mol. The molecule has 132 valence electrons. The van der Waals surface area contributed by atoms with Gasteiger partial charge >= 0.3 is 0 Å². The van der Waals surface area contributed by atoms with Crippen LogP contribution in [0.5, 0.6) is 0 Å². The highest BCUT2D eigenvalue weighted by atomic mass is 32.1. The highest BCUT2D eigenvalue weighted by molar-refractivity contribution is 7.80. The summed E-state index contributed by atoms with van der Waals surface area (Å²) in [7, 11) is 0. The third kappa shape index (κ3) is 2.99. The number of hydrogen-bond donors (Lipinski definition) is 1. The van der Waals surface area contributed by atoms with Crippen LogP contribution in [0.1, 0.15) is 36.8 Å². The number of para-hydroxylation sites is 1. The zero-order chi connectivity index (χ0) is 17.9. The fourth-order valence-corrected chi connectivity index (χ4v) is 4.00. The third-order valence-electron chi connectivity index (χ3n) is 4.78. The van der Waals surface area contributed by atoms with Gasteiger partial charge < -0.3 is 14.8 Å². The minimum atomic E-state index is 0.0348. The number of nitrogens with zero attached hydrogens (tertiary/aromatic N) is 3. The van der Waals surface area contributed by atoms with E-state index in [-0.39, 0.29) is 12.1 Å². The minimum Gasteiger partial charge on any atom is -0.352 e. The molecule has 2 aromatic heterocycles. The van der Waals surface area contributed by atoms with E-state index in [0.717, 1.165) is 29.5 Å². The summed E-state index contributed by atoms with van der Waals surface area (Å²) in [4.78, 5) is 6.89. The van der Waals surface area contributed by atoms with Crippen LogP contribution in [0.4, 0.5) is 0 Å². The van der Waals surface area contributed by atoms with Crippen molar-refractivity contribution < 1.29 is 0 Å². The zero-order valence-electron chi connectivity index (χ0n) is 14.7. The van der Waals surface area contributed by atoms with Crippen molar-refractivity contribution in [2.75, 3.05) is 6.54 Å². The number of benzene rings is 1. The molecule has 3 heterocycles. The fraction of sp³-hybridized carbons (Fsp3) is 0.238. The van der Waals surface area contributed by atoms with Crippen LogP contribution in [0.2, 0.25) is 0 Å². The van der Waals surface area contributed by atoms with Crippen molar-refractivity contribution in [1.29, 1.82) is 0 Å². The predicted octanol–water partition coefficient (Wildman–Crippen LogP) is 4.25. The number of pyridine rings is 1. The van der Waals surface area contributed by atoms with E-state index in [2.05, 4.69) is 75.4 Å². The van der Waals surface area contributed by atoms with Crippen LogP contribution in [0.3, 0.4) is 0 Å². The Morgan fingerprint density at radius 1 is 1.04 bits per heavy atom. The highest BCUT2D eigenvalue weighted by Gasteiger charge is 2.40. The SMILES string of the molecule is CCCN1C(=S)N[C@@H](c2ccccn2)[C@H]1c1cccn1-c1ccccc1. The standard InChI is InChI=1S/C21H22N4S/c1-2-14-25-20(19(23-21(25)26)17-11-6-7-13-22-17)18-12-8-15-24(18)16-9-4-3-5-10-16/h3-13,15,19-20H,2,14H2,1H3,(H,23,26)/t19-,20+/m0/s1. The molecule has 26 heavy (non-hydrogen) atoms. The summed E-state index contributed by atoms with van der Waals surface area (Å²) in [6, 6.07) is 20.9. The lowest BCUT2D eigenvalue weighted by molar-refractivity contribution is 0.309. The van der Waals surface area contributed by atoms with E-state index >= 15 is 0 Å². The lowest BCUT2D eigenvalue weighted by Gasteiger charge is -2.28. The first-order valence-electron chi connectivity index (χ1n) is 9.00. The molecule has 1 N–H and O–H groups in total. The Bertz CT molecular complexity index is 875. The summed E-state index contributed by atoms with van der Waals surface area (Å²) < 4.78 is 2.25. The minimum absolute atomic E-state index is 0.0348. The maximum Gasteiger partial charge on any atom is 0.170 e. The maximum atomic E-state index is 5.67. The molecular formula is C21H22N4S. The van der Waals surface area contributed by atoms with Crippen molar-refractivity contribution in [3.05, 3.63) is 84.4 Å². The molecule has 0 radical (unpaired) electrons. The third-order valence-corrected chi connectivity index (χ3v) is 5.13. The average molecular weight is 363 g/mol. The summed E-state index contributed by atoms with van der Waals surface area (Å²) in [5.74, 6) is 0. The summed E-state index contributed by atoms with van der Waals surface area (Å²) >= 11 is 5.67. The van der Waals surface area contributed by atoms with E-state index < -0.39 is 0 Å². The molecule has 0 aliphatic carbocycles. The molecule has 4 nitrogen and oxygen atoms in total. The van der Waals surface area contributed by atoms with Gasteiger partial charge in [0.05, 0.1) is 17.8 Å². The van der Waals surface area contributed by atoms with Gasteiger partial charge in [-0.05, 0) is 55.0 Å². The number of aromatic nitrogens is 2. The smallest absolute Gasteiger partial charge is 0.170 e. The van der Waals surface area contributed by atoms with E-state index in [1.165, 1.54) is 5.69 Å². The van der Waals surface area contributed by atoms with Crippen molar-refractivity contribution in [3.8, 4) is 5.69 Å². The molecule has 5 heteroatoms. The summed E-state index contributed by atoms with van der Waals surface area (Å²) in [5.41, 5.74) is 3.38. The molecule has 0 amide bonds. The van der Waals surface area contributed by atoms with E-state index in [1.54, 1.807) is 0 Å². The largest absolute Gasteiger partial charge is 0.352 e. The molecule has 1 aliphatic heterocycles. The lowest BCUT2D eigenvalue weighted by atomic mass is 10.0. The van der Waals surface area contributed by atoms with Gasteiger partial charge in [0.1, 0.15) is 0 Å². The Morgan fingerprint density at radius 2 is 1.85 bits per heavy atom. The van der Waals surface area contributed by atoms with Gasteiger partial charge in [0, 0.05) is 30.3 Å². The first-order chi connectivity index (χ1) is 12.8. The van der Waals surface area contributed by atoms with Crippen molar-refractivity contribution in [3.63, 3.8) is 0 Å². The monoisotopic (exact) mass is 362 g/mol. The molecule has 1 fully saturated rings. The molecule has 1 aliphatic rings. The van der Waals surface area contributed by atoms with Gasteiger partial charge in [-0.25, -0.2) is 0 Å². The Labute approximate surface area is 159 Å². The lowest BCUT2D eigenvalue weighted by Crippen LogP contribution is -2.31. The molecule has 3 aromatic rings. The molecule has 0 saturated carbocycles. The highest BCUT2D eigenvalue weighted by Crippen LogP contribution is 2.39. The van der Waals surface area contributed by atoms with Gasteiger partial charge in [-0.1, -0.05) is 31.2 Å². The van der Waals surface area contributed by atoms with Crippen LogP contribution in [0, 0.1) is 0 Å². The summed E-state index contributed by atoms with van der Waals surface area (Å²) in [6.45, 7) is 3.10. The van der Waals surface area contributed by atoms with Crippen LogP contribution in [-0.2, 0) is 0 Å². The van der Waals surface area contributed by atoms with Gasteiger partial charge in [0.25, 0.3) is 0 Å². The summed E-state index contributed by atoms with van der Waals surface area (Å²) in [5, 5.41) is 4.30. The Balaban J connectivity index is 1.81. The molecule has 0 bridgehead atoms. The number of thiocarbonyl (C=S) groups is 1. The van der Waals surface area contributed by atoms with Crippen LogP contribution < -0.4 is 5.32 Å². The van der Waals surface area contributed by atoms with E-state index in [0.29, 0.717) is 0 Å². The van der Waals surface area contributed by atoms with Gasteiger partial charge in [-0.15, -0.1) is 0 Å². The number of rotatable bonds is 5. The van der Waals surface area contributed by atoms with Crippen LogP contribution in [-0.4, -0.2) is 26.1 Å². The first kappa shape index (κ1) is 16.8. The Morgan fingerprint density at radius 3 is 2.58 bits per heavy atom. The van der Waals surface area contributed by atoms with Crippen LogP contribution in [0.15, 0.2) is 73.1 Å². The Kier molecular flexibility index (Phi) is 4.71. The van der Waals surface area contributed by atoms with Crippen molar-refractivity contribution in [2.24, 2.45) is 0 Å². The Hall–Kier alpha value is -2.66. The van der Waals surface area contributed by atoms with Crippen LogP contribution in [0.25, 0.3) is 5.69 Å². The van der Waals surface area contributed by atoms with Crippen LogP contribution >= 0.6 is 12.2 Å². The fourth-order valence-electron chi connectivity index (χ4n) is 3.67. The summed E-state index contributed by atoms with van der Waals surface area (Å²) in [6.07, 6.45) is 5.00. The second kappa shape index (κ2) is 7.30. The predicted molar refractivity (Wildman–Crippen MR) is 108 cm³/mol. The molecule has 1 aromatic carbocycles. The van der Waals surface area contributed by atoms with E-state index in [1.807, 2.05) is 24.4 Å². The molecule has 0 unspecified atom stereocenters. The first-order valence-corrected chi connectivity index (χ1v) is 9.41. The topological polar surface area (TPSA) is 33.1 Å². The van der Waals surface area contributed by atoms with Crippen molar-refractivity contribution in [1.82, 2.24) is 19.8 Å². The van der Waals surface area contributed by atoms with Crippen molar-refractivity contribution >= 4 is 17.3 Å². The van der Waals surface area contributed by atoms with E-state index in [9.17, 15) is 0 Å². The second-order valence-corrected chi connectivity index (χ2v) is 6.85. The van der Waals surface area contributed by atoms with E-state index in [4.69, 9.17) is 12.2 Å². The maximum absolute atomic E-state index is 5.67. The van der Waals surface area contributed by atoms with Gasteiger partial charge in [-0.2, -0.15) is 0 Å². The number of nitrogens with one attached hydrogen (secondary N) is 1. The quantitative estimate of drug-likeness (QED) is 0.688.